The van der Waals surface area contributed by atoms with E-state index in [1.807, 2.05) is 26.0 Å². The highest BCUT2D eigenvalue weighted by molar-refractivity contribution is 8.17. The van der Waals surface area contributed by atoms with Crippen LogP contribution in [0.15, 0.2) is 48.5 Å². The molecule has 5 rings (SSSR count). The highest BCUT2D eigenvalue weighted by Crippen LogP contribution is 2.41. The molecule has 13 heteroatoms. The predicted molar refractivity (Wildman–Crippen MR) is 206 cm³/mol. The van der Waals surface area contributed by atoms with E-state index in [9.17, 15) is 28.8 Å². The lowest BCUT2D eigenvalue weighted by molar-refractivity contribution is -0.127. The first-order valence-corrected chi connectivity index (χ1v) is 21.0. The second-order valence-corrected chi connectivity index (χ2v) is 18.2. The number of carbonyl (C=O) groups excluding carboxylic acids is 4. The molecule has 0 bridgehead atoms. The number of ether oxygens (including phenoxy) is 1. The van der Waals surface area contributed by atoms with E-state index in [0.29, 0.717) is 30.0 Å². The smallest absolute Gasteiger partial charge is 0.417 e. The third-order valence-corrected chi connectivity index (χ3v) is 14.1. The van der Waals surface area contributed by atoms with E-state index in [1.54, 1.807) is 24.3 Å². The highest BCUT2D eigenvalue weighted by Gasteiger charge is 2.38. The van der Waals surface area contributed by atoms with Crippen molar-refractivity contribution in [2.45, 2.75) is 101 Å². The third-order valence-electron chi connectivity index (χ3n) is 10.4. The third kappa shape index (κ3) is 10.4. The summed E-state index contributed by atoms with van der Waals surface area (Å²) in [5, 5.41) is 15.5. The van der Waals surface area contributed by atoms with Crippen LogP contribution in [0.1, 0.15) is 95.3 Å². The minimum absolute atomic E-state index is 0.104. The lowest BCUT2D eigenvalue weighted by Gasteiger charge is -2.35. The molecule has 1 saturated carbocycles. The van der Waals surface area contributed by atoms with Crippen molar-refractivity contribution in [2.24, 2.45) is 11.8 Å². The van der Waals surface area contributed by atoms with Crippen LogP contribution in [0.2, 0.25) is 5.02 Å². The van der Waals surface area contributed by atoms with Crippen LogP contribution in [0.5, 0.6) is 0 Å². The lowest BCUT2D eigenvalue weighted by atomic mass is 9.76. The molecule has 2 heterocycles. The zero-order valence-electron chi connectivity index (χ0n) is 29.8. The minimum atomic E-state index is -1.04. The molecule has 3 aliphatic rings. The Kier molecular flexibility index (Phi) is 14.2. The number of benzene rings is 2. The van der Waals surface area contributed by atoms with Gasteiger partial charge in [0, 0.05) is 22.9 Å². The Morgan fingerprint density at radius 2 is 1.77 bits per heavy atom. The van der Waals surface area contributed by atoms with Crippen LogP contribution >= 0.6 is 34.0 Å². The van der Waals surface area contributed by atoms with Crippen molar-refractivity contribution in [3.8, 4) is 6.07 Å². The highest BCUT2D eigenvalue weighted by atomic mass is 35.5. The molecular weight excluding hydrogens is 723 g/mol. The first kappa shape index (κ1) is 39.8. The topological polar surface area (TPSA) is 137 Å². The van der Waals surface area contributed by atoms with Gasteiger partial charge < -0.3 is 15.4 Å². The van der Waals surface area contributed by atoms with E-state index in [4.69, 9.17) is 16.3 Å². The van der Waals surface area contributed by atoms with Gasteiger partial charge in [0.15, 0.2) is 0 Å². The number of Topliss-reactive ketones (excluding diaryl/α,β-unsaturated/α-hetero) is 1. The second-order valence-electron chi connectivity index (χ2n) is 14.5. The fraction of sp³-hybridized carbons (Fsp3) is 0.538. The van der Waals surface area contributed by atoms with Crippen molar-refractivity contribution in [3.05, 3.63) is 70.5 Å². The average Bonchev–Trinajstić information content (AvgIpc) is 3.82. The van der Waals surface area contributed by atoms with Gasteiger partial charge in [-0.15, -0.1) is 0 Å². The maximum Gasteiger partial charge on any atom is 0.417 e. The zero-order chi connectivity index (χ0) is 37.3. The van der Waals surface area contributed by atoms with Crippen LogP contribution in [0.3, 0.4) is 0 Å². The number of amides is 3. The van der Waals surface area contributed by atoms with E-state index >= 15 is 0 Å². The molecular formula is C39H48ClFN4O5S2. The number of nitrogens with zero attached hydrogens (tertiary/aromatic N) is 1. The molecule has 2 aromatic carbocycles. The van der Waals surface area contributed by atoms with Gasteiger partial charge in [-0.25, -0.2) is 9.18 Å². The molecule has 280 valence electrons. The molecule has 3 amide bonds. The Bertz CT molecular complexity index is 1680. The molecule has 2 saturated heterocycles. The Labute approximate surface area is 317 Å². The number of nitrogens with one attached hydrogen (secondary N) is 3. The first-order chi connectivity index (χ1) is 25.0. The molecule has 0 radical (unpaired) electrons. The zero-order valence-corrected chi connectivity index (χ0v) is 32.1. The van der Waals surface area contributed by atoms with Gasteiger partial charge in [0.1, 0.15) is 28.1 Å². The van der Waals surface area contributed by atoms with Crippen LogP contribution in [-0.2, 0) is 24.5 Å². The maximum atomic E-state index is 14.2. The molecule has 0 aromatic heterocycles. The Balaban J connectivity index is 1.36. The van der Waals surface area contributed by atoms with Gasteiger partial charge in [0.2, 0.25) is 17.6 Å². The summed E-state index contributed by atoms with van der Waals surface area (Å²) in [4.78, 5) is 54.5. The van der Waals surface area contributed by atoms with Crippen molar-refractivity contribution in [1.82, 2.24) is 15.4 Å². The van der Waals surface area contributed by atoms with E-state index in [0.717, 1.165) is 74.0 Å². The minimum Gasteiger partial charge on any atom is -0.440 e. The lowest BCUT2D eigenvalue weighted by Crippen LogP contribution is -2.49. The van der Waals surface area contributed by atoms with Gasteiger partial charge in [-0.05, 0) is 96.9 Å². The molecule has 1 unspecified atom stereocenters. The van der Waals surface area contributed by atoms with Gasteiger partial charge in [0.05, 0.1) is 6.04 Å². The van der Waals surface area contributed by atoms with Gasteiger partial charge >= 0.3 is 6.09 Å². The number of ketones is 1. The summed E-state index contributed by atoms with van der Waals surface area (Å²) in [6, 6.07) is 14.1. The van der Waals surface area contributed by atoms with E-state index in [2.05, 4.69) is 21.4 Å². The molecule has 2 aromatic rings. The molecule has 9 nitrogen and oxygen atoms in total. The summed E-state index contributed by atoms with van der Waals surface area (Å²) in [5.41, 5.74) is 0.592. The van der Waals surface area contributed by atoms with Crippen LogP contribution in [0.4, 0.5) is 9.18 Å². The second kappa shape index (κ2) is 18.6. The summed E-state index contributed by atoms with van der Waals surface area (Å²) < 4.78 is 22.8. The van der Waals surface area contributed by atoms with Crippen LogP contribution in [-0.4, -0.2) is 57.9 Å². The number of carbonyl (C=O) groups is 4. The van der Waals surface area contributed by atoms with Crippen molar-refractivity contribution in [1.29, 1.82) is 5.26 Å². The predicted octanol–water partition coefficient (Wildman–Crippen LogP) is 7.55. The summed E-state index contributed by atoms with van der Waals surface area (Å²) in [7, 11) is -0.467. The number of halogens is 2. The molecule has 0 spiro atoms. The number of hydrogen-bond donors (Lipinski definition) is 3. The van der Waals surface area contributed by atoms with Crippen LogP contribution in [0.25, 0.3) is 0 Å². The van der Waals surface area contributed by atoms with E-state index < -0.39 is 62.8 Å². The molecule has 2 aliphatic heterocycles. The van der Waals surface area contributed by atoms with Crippen molar-refractivity contribution in [2.75, 3.05) is 18.1 Å². The standard InChI is InChI=1S/C39H48ClFN4O5S2/c1-39(2,28-11-8-12-29(40)23-28)35(26-13-15-30(41)16-14-26)50-38(49)45-51-32(21-25-9-4-3-5-10-25)37(48)44-31(22-27-17-18-43-36(27)47)34(46)33(24-42)52-19-6-7-20-52/h8,11-16,23,25,27,31-32,35H,3-7,9-10,17-22H2,1-2H3,(H,43,47)(H,44,48)(H,45,49)/t27-,31-,32-,35?/m0/s1. The monoisotopic (exact) mass is 770 g/mol. The Hall–Kier alpha value is -3.40. The summed E-state index contributed by atoms with van der Waals surface area (Å²) in [6.45, 7) is 4.32. The van der Waals surface area contributed by atoms with E-state index in [1.165, 1.54) is 12.1 Å². The molecule has 3 fully saturated rings. The SMILES string of the molecule is CC(C)(c1cccc(Cl)c1)C(OC(=O)NS[C@@H](CC1CCCCC1)C(=O)N[C@@H](C[C@@H]1CCNC1=O)C(=O)C(C#N)=S1CCCC1)c1ccc(F)cc1. The molecule has 52 heavy (non-hydrogen) atoms. The first-order valence-electron chi connectivity index (χ1n) is 18.2. The fourth-order valence-corrected chi connectivity index (χ4v) is 10.7. The number of rotatable bonds is 14. The largest absolute Gasteiger partial charge is 0.440 e. The van der Waals surface area contributed by atoms with Gasteiger partial charge in [-0.1, -0.05) is 81.8 Å². The van der Waals surface area contributed by atoms with Crippen LogP contribution < -0.4 is 15.4 Å². The van der Waals surface area contributed by atoms with Gasteiger partial charge in [-0.3, -0.25) is 19.1 Å². The molecule has 3 N–H and O–H groups in total. The van der Waals surface area contributed by atoms with Gasteiger partial charge in [0.25, 0.3) is 0 Å². The summed E-state index contributed by atoms with van der Waals surface area (Å²) in [5.74, 6) is -0.0916. The van der Waals surface area contributed by atoms with Crippen LogP contribution in [0, 0.1) is 29.0 Å². The quantitative estimate of drug-likeness (QED) is 0.133. The summed E-state index contributed by atoms with van der Waals surface area (Å²) in [6.07, 6.45) is 6.52. The number of hydrogen-bond acceptors (Lipinski definition) is 7. The summed E-state index contributed by atoms with van der Waals surface area (Å²) >= 11 is 7.26. The van der Waals surface area contributed by atoms with Crippen molar-refractivity contribution < 1.29 is 28.3 Å². The Morgan fingerprint density at radius 1 is 1.06 bits per heavy atom. The maximum absolute atomic E-state index is 14.2. The van der Waals surface area contributed by atoms with Crippen molar-refractivity contribution in [3.63, 3.8) is 0 Å². The normalized spacial score (nSPS) is 19.9. The van der Waals surface area contributed by atoms with Crippen molar-refractivity contribution >= 4 is 62.6 Å². The molecule has 1 aliphatic carbocycles. The fourth-order valence-electron chi connectivity index (χ4n) is 7.42. The average molecular weight is 771 g/mol. The number of nitriles is 1. The Morgan fingerprint density at radius 3 is 2.40 bits per heavy atom. The van der Waals surface area contributed by atoms with Gasteiger partial charge in [-0.2, -0.15) is 15.7 Å². The van der Waals surface area contributed by atoms with E-state index in [-0.39, 0.29) is 23.1 Å². The molecule has 4 atom stereocenters.